The average Bonchev–Trinajstić information content (AvgIpc) is 2.76. The second-order valence-corrected chi connectivity index (χ2v) is 6.40. The number of amides is 4. The van der Waals surface area contributed by atoms with Crippen molar-refractivity contribution < 1.29 is 23.9 Å². The number of imide groups is 2. The molecule has 0 radical (unpaired) electrons. The molecule has 7 heteroatoms. The van der Waals surface area contributed by atoms with Gasteiger partial charge >= 0.3 is 6.03 Å². The molecule has 1 fully saturated rings. The summed E-state index contributed by atoms with van der Waals surface area (Å²) in [5.74, 6) is -2.25. The Bertz CT molecular complexity index is 656. The van der Waals surface area contributed by atoms with E-state index in [2.05, 4.69) is 20.1 Å². The van der Waals surface area contributed by atoms with Crippen molar-refractivity contribution in [3.8, 4) is 0 Å². The number of rotatable bonds is 6. The van der Waals surface area contributed by atoms with Crippen LogP contribution >= 0.6 is 0 Å². The fourth-order valence-electron chi connectivity index (χ4n) is 2.18. The molecular formula is C24H38N2O5. The molecule has 2 rings (SSSR count). The molecule has 1 heterocycles. The van der Waals surface area contributed by atoms with Crippen molar-refractivity contribution >= 4 is 17.8 Å². The number of hydrogen-bond acceptors (Lipinski definition) is 5. The minimum Gasteiger partial charge on any atom is -0.364 e. The van der Waals surface area contributed by atoms with Crippen LogP contribution in [0.2, 0.25) is 0 Å². The number of methoxy groups -OCH3 is 2. The fourth-order valence-corrected chi connectivity index (χ4v) is 2.18. The van der Waals surface area contributed by atoms with Crippen LogP contribution in [0.1, 0.15) is 52.5 Å². The number of benzene rings is 1. The van der Waals surface area contributed by atoms with E-state index in [1.54, 1.807) is 30.3 Å². The molecule has 0 N–H and O–H groups in total. The van der Waals surface area contributed by atoms with E-state index in [0.717, 1.165) is 16.2 Å². The summed E-state index contributed by atoms with van der Waals surface area (Å²) in [6.07, 6.45) is 2.96. The van der Waals surface area contributed by atoms with Gasteiger partial charge in [-0.25, -0.2) is 14.6 Å². The van der Waals surface area contributed by atoms with Gasteiger partial charge in [0.2, 0.25) is 11.8 Å². The lowest BCUT2D eigenvalue weighted by atomic mass is 9.94. The molecule has 1 aliphatic rings. The van der Waals surface area contributed by atoms with Crippen LogP contribution < -0.4 is 0 Å². The lowest BCUT2D eigenvalue weighted by molar-refractivity contribution is -0.150. The smallest absolute Gasteiger partial charge is 0.337 e. The SMILES string of the molecule is C=C(C)C.C=CCC.CC.COCN1C(=O)C(c2ccccc2)C(=O)N(COC)C1=O. The van der Waals surface area contributed by atoms with Gasteiger partial charge in [-0.1, -0.05) is 62.8 Å². The minimum atomic E-state index is -1.06. The van der Waals surface area contributed by atoms with Crippen molar-refractivity contribution in [3.63, 3.8) is 0 Å². The highest BCUT2D eigenvalue weighted by Gasteiger charge is 2.46. The molecule has 4 amide bonds. The Morgan fingerprint density at radius 3 is 1.61 bits per heavy atom. The van der Waals surface area contributed by atoms with E-state index in [4.69, 9.17) is 9.47 Å². The van der Waals surface area contributed by atoms with E-state index in [1.807, 2.05) is 33.8 Å². The molecular weight excluding hydrogens is 396 g/mol. The molecule has 1 aromatic rings. The summed E-state index contributed by atoms with van der Waals surface area (Å²) in [7, 11) is 2.74. The molecule has 0 aliphatic carbocycles. The zero-order valence-corrected chi connectivity index (χ0v) is 20.0. The number of carbonyl (C=O) groups excluding carboxylic acids is 3. The second kappa shape index (κ2) is 18.0. The maximum absolute atomic E-state index is 12.4. The summed E-state index contributed by atoms with van der Waals surface area (Å²) < 4.78 is 9.75. The third-order valence-electron chi connectivity index (χ3n) is 3.43. The Hall–Kier alpha value is -2.77. The highest BCUT2D eigenvalue weighted by Crippen LogP contribution is 2.26. The van der Waals surface area contributed by atoms with E-state index < -0.39 is 23.8 Å². The summed E-state index contributed by atoms with van der Waals surface area (Å²) in [6, 6.07) is 7.85. The normalized spacial score (nSPS) is 13.2. The first-order chi connectivity index (χ1) is 14.8. The van der Waals surface area contributed by atoms with Crippen molar-refractivity contribution in [2.45, 2.75) is 47.0 Å². The van der Waals surface area contributed by atoms with Crippen LogP contribution in [-0.4, -0.2) is 55.3 Å². The van der Waals surface area contributed by atoms with Gasteiger partial charge in [0.05, 0.1) is 0 Å². The van der Waals surface area contributed by atoms with Gasteiger partial charge in [-0.15, -0.1) is 13.2 Å². The molecule has 0 atom stereocenters. The van der Waals surface area contributed by atoms with Gasteiger partial charge in [0.25, 0.3) is 0 Å². The third-order valence-corrected chi connectivity index (χ3v) is 3.43. The molecule has 0 saturated carbocycles. The molecule has 31 heavy (non-hydrogen) atoms. The number of carbonyl (C=O) groups is 3. The fraction of sp³-hybridized carbons (Fsp3) is 0.458. The number of barbiturate groups is 1. The minimum absolute atomic E-state index is 0.214. The predicted molar refractivity (Wildman–Crippen MR) is 124 cm³/mol. The maximum Gasteiger partial charge on any atom is 0.337 e. The van der Waals surface area contributed by atoms with Crippen LogP contribution in [0.15, 0.2) is 55.1 Å². The van der Waals surface area contributed by atoms with E-state index in [1.165, 1.54) is 19.8 Å². The molecule has 1 aromatic carbocycles. The first-order valence-electron chi connectivity index (χ1n) is 10.2. The Morgan fingerprint density at radius 2 is 1.32 bits per heavy atom. The first-order valence-corrected chi connectivity index (χ1v) is 10.2. The highest BCUT2D eigenvalue weighted by molar-refractivity contribution is 6.19. The molecule has 0 spiro atoms. The molecule has 1 aliphatic heterocycles. The van der Waals surface area contributed by atoms with Crippen LogP contribution in [0.4, 0.5) is 4.79 Å². The van der Waals surface area contributed by atoms with Crippen LogP contribution in [0, 0.1) is 0 Å². The number of hydrogen-bond donors (Lipinski definition) is 0. The first kappa shape index (κ1) is 30.4. The number of urea groups is 1. The average molecular weight is 435 g/mol. The van der Waals surface area contributed by atoms with E-state index in [0.29, 0.717) is 5.56 Å². The topological polar surface area (TPSA) is 76.2 Å². The quantitative estimate of drug-likeness (QED) is 0.467. The van der Waals surface area contributed by atoms with E-state index in [9.17, 15) is 14.4 Å². The largest absolute Gasteiger partial charge is 0.364 e. The van der Waals surface area contributed by atoms with E-state index in [-0.39, 0.29) is 13.5 Å². The van der Waals surface area contributed by atoms with Crippen LogP contribution in [0.3, 0.4) is 0 Å². The van der Waals surface area contributed by atoms with Crippen LogP contribution in [0.25, 0.3) is 0 Å². The predicted octanol–water partition coefficient (Wildman–Crippen LogP) is 4.96. The van der Waals surface area contributed by atoms with Gasteiger partial charge in [-0.2, -0.15) is 0 Å². The third kappa shape index (κ3) is 10.7. The Kier molecular flexibility index (Phi) is 17.7. The molecule has 174 valence electrons. The highest BCUT2D eigenvalue weighted by atomic mass is 16.5. The van der Waals surface area contributed by atoms with Gasteiger partial charge in [0.15, 0.2) is 0 Å². The summed E-state index contributed by atoms with van der Waals surface area (Å²) in [5.41, 5.74) is 1.70. The van der Waals surface area contributed by atoms with Gasteiger partial charge in [-0.3, -0.25) is 9.59 Å². The lowest BCUT2D eigenvalue weighted by Gasteiger charge is -2.36. The van der Waals surface area contributed by atoms with Crippen molar-refractivity contribution in [3.05, 3.63) is 60.7 Å². The summed E-state index contributed by atoms with van der Waals surface area (Å²) in [5, 5.41) is 0. The van der Waals surface area contributed by atoms with Crippen molar-refractivity contribution in [2.24, 2.45) is 0 Å². The van der Waals surface area contributed by atoms with Crippen LogP contribution in [-0.2, 0) is 19.1 Å². The maximum atomic E-state index is 12.4. The monoisotopic (exact) mass is 434 g/mol. The van der Waals surface area contributed by atoms with Gasteiger partial charge in [0.1, 0.15) is 19.4 Å². The zero-order chi connectivity index (χ0) is 24.4. The Labute approximate surface area is 187 Å². The second-order valence-electron chi connectivity index (χ2n) is 6.40. The molecule has 0 bridgehead atoms. The molecule has 7 nitrogen and oxygen atoms in total. The summed E-state index contributed by atoms with van der Waals surface area (Å²) in [4.78, 5) is 38.8. The van der Waals surface area contributed by atoms with Crippen molar-refractivity contribution in [1.82, 2.24) is 9.80 Å². The van der Waals surface area contributed by atoms with Gasteiger partial charge in [-0.05, 0) is 25.8 Å². The van der Waals surface area contributed by atoms with Crippen molar-refractivity contribution in [2.75, 3.05) is 27.7 Å². The summed E-state index contributed by atoms with van der Waals surface area (Å²) >= 11 is 0. The Balaban J connectivity index is 0. The Morgan fingerprint density at radius 1 is 0.968 bits per heavy atom. The number of nitrogens with zero attached hydrogens (tertiary/aromatic N) is 2. The van der Waals surface area contributed by atoms with Gasteiger partial charge < -0.3 is 9.47 Å². The lowest BCUT2D eigenvalue weighted by Crippen LogP contribution is -2.59. The number of ether oxygens (including phenoxy) is 2. The van der Waals surface area contributed by atoms with E-state index >= 15 is 0 Å². The van der Waals surface area contributed by atoms with Gasteiger partial charge in [0, 0.05) is 14.2 Å². The molecule has 0 unspecified atom stereocenters. The summed E-state index contributed by atoms with van der Waals surface area (Å²) in [6.45, 7) is 16.6. The van der Waals surface area contributed by atoms with Crippen molar-refractivity contribution in [1.29, 1.82) is 0 Å². The standard InChI is InChI=1S/C14H16N2O5.2C4H8.C2H6/c1-20-8-15-12(17)11(10-6-4-3-5-7-10)13(18)16(9-21-2)14(15)19;1-4(2)3;1-3-4-2;1-2/h3-7,11H,8-9H2,1-2H3;1H2,2-3H3;3H,1,4H2,2H3;1-2H3. The zero-order valence-electron chi connectivity index (χ0n) is 20.0. The number of allylic oxidation sites excluding steroid dienone is 2. The molecule has 0 aromatic heterocycles. The van der Waals surface area contributed by atoms with Crippen LogP contribution in [0.5, 0.6) is 0 Å². The molecule has 1 saturated heterocycles.